The van der Waals surface area contributed by atoms with Crippen LogP contribution >= 0.6 is 0 Å². The number of nitrogens with one attached hydrogen (secondary N) is 2. The minimum absolute atomic E-state index is 0.115. The van der Waals surface area contributed by atoms with Gasteiger partial charge in [0.1, 0.15) is 0 Å². The summed E-state index contributed by atoms with van der Waals surface area (Å²) in [6.07, 6.45) is 7.65. The standard InChI is InChI=1S/C18H22N2O/c21-17(15-3-4-16-14(11-15)5-8-20-16)18(12-13-1-2-13)6-9-19-10-7-18/h3-5,8,11,13,19-20H,1-2,6-7,9-10,12H2. The number of piperidine rings is 1. The van der Waals surface area contributed by atoms with Crippen LogP contribution in [0.15, 0.2) is 30.5 Å². The van der Waals surface area contributed by atoms with Gasteiger partial charge in [0.15, 0.2) is 5.78 Å². The lowest BCUT2D eigenvalue weighted by Crippen LogP contribution is -2.42. The van der Waals surface area contributed by atoms with Crippen molar-refractivity contribution < 1.29 is 4.79 Å². The lowest BCUT2D eigenvalue weighted by atomic mass is 9.69. The molecule has 4 rings (SSSR count). The number of aromatic nitrogens is 1. The molecule has 0 spiro atoms. The maximum atomic E-state index is 13.2. The van der Waals surface area contributed by atoms with Crippen molar-refractivity contribution in [1.29, 1.82) is 0 Å². The van der Waals surface area contributed by atoms with Crippen molar-refractivity contribution in [1.82, 2.24) is 10.3 Å². The molecule has 0 unspecified atom stereocenters. The Balaban J connectivity index is 1.68. The molecule has 2 heterocycles. The lowest BCUT2D eigenvalue weighted by Gasteiger charge is -2.36. The summed E-state index contributed by atoms with van der Waals surface area (Å²) in [6.45, 7) is 1.95. The summed E-state index contributed by atoms with van der Waals surface area (Å²) in [5, 5.41) is 4.54. The highest BCUT2D eigenvalue weighted by molar-refractivity contribution is 6.03. The van der Waals surface area contributed by atoms with Gasteiger partial charge in [0.05, 0.1) is 0 Å². The quantitative estimate of drug-likeness (QED) is 0.843. The molecule has 2 aliphatic rings. The average Bonchev–Trinajstić information content (AvgIpc) is 3.20. The summed E-state index contributed by atoms with van der Waals surface area (Å²) in [7, 11) is 0. The first kappa shape index (κ1) is 13.1. The molecule has 21 heavy (non-hydrogen) atoms. The second-order valence-electron chi connectivity index (χ2n) is 6.79. The van der Waals surface area contributed by atoms with E-state index in [2.05, 4.69) is 16.4 Å². The van der Waals surface area contributed by atoms with Crippen LogP contribution in [-0.2, 0) is 0 Å². The maximum Gasteiger partial charge on any atom is 0.169 e. The molecule has 2 aromatic rings. The van der Waals surface area contributed by atoms with Crippen LogP contribution in [0.2, 0.25) is 0 Å². The molecule has 3 nitrogen and oxygen atoms in total. The van der Waals surface area contributed by atoms with E-state index in [0.717, 1.165) is 54.7 Å². The van der Waals surface area contributed by atoms with Gasteiger partial charge in [-0.05, 0) is 62.5 Å². The number of carbonyl (C=O) groups is 1. The first-order chi connectivity index (χ1) is 10.3. The van der Waals surface area contributed by atoms with Gasteiger partial charge in [-0.2, -0.15) is 0 Å². The van der Waals surface area contributed by atoms with Gasteiger partial charge in [0.2, 0.25) is 0 Å². The van der Waals surface area contributed by atoms with Crippen LogP contribution < -0.4 is 5.32 Å². The van der Waals surface area contributed by atoms with Gasteiger partial charge in [0.25, 0.3) is 0 Å². The SMILES string of the molecule is O=C(c1ccc2[nH]ccc2c1)C1(CC2CC2)CCNCC1. The average molecular weight is 282 g/mol. The van der Waals surface area contributed by atoms with Crippen molar-refractivity contribution in [2.75, 3.05) is 13.1 Å². The van der Waals surface area contributed by atoms with Gasteiger partial charge in [-0.15, -0.1) is 0 Å². The number of benzene rings is 1. The van der Waals surface area contributed by atoms with Crippen molar-refractivity contribution in [3.05, 3.63) is 36.0 Å². The number of H-pyrrole nitrogens is 1. The van der Waals surface area contributed by atoms with Gasteiger partial charge in [-0.3, -0.25) is 4.79 Å². The zero-order chi connectivity index (χ0) is 14.3. The van der Waals surface area contributed by atoms with E-state index < -0.39 is 0 Å². The summed E-state index contributed by atoms with van der Waals surface area (Å²) < 4.78 is 0. The van der Waals surface area contributed by atoms with E-state index in [0.29, 0.717) is 5.78 Å². The molecular formula is C18H22N2O. The molecule has 1 saturated heterocycles. The molecule has 0 atom stereocenters. The van der Waals surface area contributed by atoms with Crippen molar-refractivity contribution >= 4 is 16.7 Å². The van der Waals surface area contributed by atoms with E-state index in [1.165, 1.54) is 12.8 Å². The smallest absolute Gasteiger partial charge is 0.169 e. The molecule has 3 heteroatoms. The minimum atomic E-state index is -0.115. The van der Waals surface area contributed by atoms with E-state index >= 15 is 0 Å². The Morgan fingerprint density at radius 2 is 2.00 bits per heavy atom. The summed E-state index contributed by atoms with van der Waals surface area (Å²) in [5.74, 6) is 1.17. The van der Waals surface area contributed by atoms with Crippen LogP contribution in [0.25, 0.3) is 10.9 Å². The Kier molecular flexibility index (Phi) is 3.11. The van der Waals surface area contributed by atoms with E-state index in [4.69, 9.17) is 0 Å². The fourth-order valence-electron chi connectivity index (χ4n) is 3.80. The van der Waals surface area contributed by atoms with Crippen LogP contribution in [0, 0.1) is 11.3 Å². The Hall–Kier alpha value is -1.61. The Morgan fingerprint density at radius 3 is 2.76 bits per heavy atom. The molecule has 1 aromatic heterocycles. The van der Waals surface area contributed by atoms with Crippen molar-refractivity contribution in [2.24, 2.45) is 11.3 Å². The van der Waals surface area contributed by atoms with Crippen molar-refractivity contribution in [3.8, 4) is 0 Å². The molecule has 110 valence electrons. The zero-order valence-corrected chi connectivity index (χ0v) is 12.3. The van der Waals surface area contributed by atoms with E-state index in [-0.39, 0.29) is 5.41 Å². The Labute approximate surface area is 125 Å². The van der Waals surface area contributed by atoms with Gasteiger partial charge in [-0.25, -0.2) is 0 Å². The first-order valence-corrected chi connectivity index (χ1v) is 8.10. The predicted molar refractivity (Wildman–Crippen MR) is 84.5 cm³/mol. The second kappa shape index (κ2) is 4.99. The molecule has 1 saturated carbocycles. The second-order valence-corrected chi connectivity index (χ2v) is 6.79. The molecule has 2 fully saturated rings. The number of hydrogen-bond acceptors (Lipinski definition) is 2. The third-order valence-electron chi connectivity index (χ3n) is 5.23. The number of rotatable bonds is 4. The molecule has 0 radical (unpaired) electrons. The first-order valence-electron chi connectivity index (χ1n) is 8.10. The topological polar surface area (TPSA) is 44.9 Å². The van der Waals surface area contributed by atoms with E-state index in [1.54, 1.807) is 0 Å². The zero-order valence-electron chi connectivity index (χ0n) is 12.3. The van der Waals surface area contributed by atoms with Crippen molar-refractivity contribution in [3.63, 3.8) is 0 Å². The molecule has 0 amide bonds. The number of fused-ring (bicyclic) bond motifs is 1. The minimum Gasteiger partial charge on any atom is -0.361 e. The fourth-order valence-corrected chi connectivity index (χ4v) is 3.80. The Morgan fingerprint density at radius 1 is 1.19 bits per heavy atom. The lowest BCUT2D eigenvalue weighted by molar-refractivity contribution is 0.0692. The predicted octanol–water partition coefficient (Wildman–Crippen LogP) is 3.52. The normalized spacial score (nSPS) is 21.5. The van der Waals surface area contributed by atoms with Gasteiger partial charge < -0.3 is 10.3 Å². The monoisotopic (exact) mass is 282 g/mol. The number of aromatic amines is 1. The van der Waals surface area contributed by atoms with Gasteiger partial charge in [0, 0.05) is 28.1 Å². The van der Waals surface area contributed by atoms with Crippen LogP contribution in [0.5, 0.6) is 0 Å². The molecule has 0 bridgehead atoms. The highest BCUT2D eigenvalue weighted by atomic mass is 16.1. The summed E-state index contributed by atoms with van der Waals surface area (Å²) in [5.41, 5.74) is 1.88. The fraction of sp³-hybridized carbons (Fsp3) is 0.500. The van der Waals surface area contributed by atoms with Crippen LogP contribution in [-0.4, -0.2) is 23.9 Å². The van der Waals surface area contributed by atoms with Crippen molar-refractivity contribution in [2.45, 2.75) is 32.1 Å². The largest absolute Gasteiger partial charge is 0.361 e. The highest BCUT2D eigenvalue weighted by Gasteiger charge is 2.43. The van der Waals surface area contributed by atoms with E-state index in [1.807, 2.05) is 24.4 Å². The third kappa shape index (κ3) is 2.40. The molecular weight excluding hydrogens is 260 g/mol. The summed E-state index contributed by atoms with van der Waals surface area (Å²) in [4.78, 5) is 16.4. The number of ketones is 1. The number of hydrogen-bond donors (Lipinski definition) is 2. The van der Waals surface area contributed by atoms with Gasteiger partial charge in [-0.1, -0.05) is 12.8 Å². The molecule has 1 aliphatic carbocycles. The number of Topliss-reactive ketones (excluding diaryl/α,β-unsaturated/α-hetero) is 1. The molecule has 1 aromatic carbocycles. The van der Waals surface area contributed by atoms with Crippen LogP contribution in [0.4, 0.5) is 0 Å². The van der Waals surface area contributed by atoms with Gasteiger partial charge >= 0.3 is 0 Å². The Bertz CT molecular complexity index is 663. The van der Waals surface area contributed by atoms with Crippen LogP contribution in [0.1, 0.15) is 42.5 Å². The van der Waals surface area contributed by atoms with Crippen LogP contribution in [0.3, 0.4) is 0 Å². The molecule has 1 aliphatic heterocycles. The maximum absolute atomic E-state index is 13.2. The highest BCUT2D eigenvalue weighted by Crippen LogP contribution is 2.46. The molecule has 2 N–H and O–H groups in total. The summed E-state index contributed by atoms with van der Waals surface area (Å²) in [6, 6.07) is 8.14. The third-order valence-corrected chi connectivity index (χ3v) is 5.23. The summed E-state index contributed by atoms with van der Waals surface area (Å²) >= 11 is 0. The van der Waals surface area contributed by atoms with E-state index in [9.17, 15) is 4.79 Å². The number of carbonyl (C=O) groups excluding carboxylic acids is 1.